The number of carbonyl (C=O) groups is 1. The van der Waals surface area contributed by atoms with Gasteiger partial charge >= 0.3 is 0 Å². The normalized spacial score (nSPS) is 19.4. The Kier molecular flexibility index (Phi) is 3.31. The van der Waals surface area contributed by atoms with E-state index in [-0.39, 0.29) is 40.8 Å². The van der Waals surface area contributed by atoms with Crippen molar-refractivity contribution in [1.82, 2.24) is 0 Å². The zero-order chi connectivity index (χ0) is 13.4. The SMILES string of the molecule is NC1CC(=O)N(c2cc(F)c(Br)cc2[N+](=O)[O-])C1. The van der Waals surface area contributed by atoms with Crippen LogP contribution in [0.2, 0.25) is 0 Å². The summed E-state index contributed by atoms with van der Waals surface area (Å²) >= 11 is 2.88. The molecule has 96 valence electrons. The minimum absolute atomic E-state index is 0.0195. The highest BCUT2D eigenvalue weighted by Gasteiger charge is 2.33. The van der Waals surface area contributed by atoms with Crippen molar-refractivity contribution in [2.75, 3.05) is 11.4 Å². The van der Waals surface area contributed by atoms with Crippen molar-refractivity contribution in [2.24, 2.45) is 5.73 Å². The number of amides is 1. The summed E-state index contributed by atoms with van der Waals surface area (Å²) in [5.74, 6) is -1.00. The smallest absolute Gasteiger partial charge is 0.294 e. The van der Waals surface area contributed by atoms with Crippen LogP contribution in [0.1, 0.15) is 6.42 Å². The summed E-state index contributed by atoms with van der Waals surface area (Å²) in [6.07, 6.45) is 0.106. The van der Waals surface area contributed by atoms with E-state index in [2.05, 4.69) is 15.9 Å². The number of halogens is 2. The molecule has 8 heteroatoms. The molecule has 1 unspecified atom stereocenters. The lowest BCUT2D eigenvalue weighted by molar-refractivity contribution is -0.384. The molecule has 0 saturated carbocycles. The third-order valence-electron chi connectivity index (χ3n) is 2.66. The van der Waals surface area contributed by atoms with Crippen molar-refractivity contribution in [3.8, 4) is 0 Å². The lowest BCUT2D eigenvalue weighted by atomic mass is 10.2. The van der Waals surface area contributed by atoms with Gasteiger partial charge in [-0.25, -0.2) is 4.39 Å². The molecule has 1 aromatic rings. The van der Waals surface area contributed by atoms with Crippen molar-refractivity contribution >= 4 is 33.2 Å². The molecule has 0 radical (unpaired) electrons. The first kappa shape index (κ1) is 12.9. The van der Waals surface area contributed by atoms with E-state index in [9.17, 15) is 19.3 Å². The van der Waals surface area contributed by atoms with Gasteiger partial charge in [-0.3, -0.25) is 14.9 Å². The fourth-order valence-electron chi connectivity index (χ4n) is 1.86. The number of nitrogens with zero attached hydrogens (tertiary/aromatic N) is 2. The zero-order valence-electron chi connectivity index (χ0n) is 9.10. The summed E-state index contributed by atoms with van der Waals surface area (Å²) in [5.41, 5.74) is 5.23. The molecule has 1 atom stereocenters. The lowest BCUT2D eigenvalue weighted by Crippen LogP contribution is -2.28. The van der Waals surface area contributed by atoms with E-state index in [4.69, 9.17) is 5.73 Å². The van der Waals surface area contributed by atoms with Crippen LogP contribution in [0.3, 0.4) is 0 Å². The minimum Gasteiger partial charge on any atom is -0.326 e. The van der Waals surface area contributed by atoms with E-state index in [1.165, 1.54) is 0 Å². The van der Waals surface area contributed by atoms with Crippen LogP contribution >= 0.6 is 15.9 Å². The van der Waals surface area contributed by atoms with E-state index >= 15 is 0 Å². The first-order valence-corrected chi connectivity index (χ1v) is 5.89. The van der Waals surface area contributed by atoms with E-state index in [0.717, 1.165) is 17.0 Å². The van der Waals surface area contributed by atoms with Gasteiger partial charge in [0.05, 0.1) is 9.40 Å². The van der Waals surface area contributed by atoms with Gasteiger partial charge in [0.15, 0.2) is 0 Å². The molecule has 18 heavy (non-hydrogen) atoms. The predicted octanol–water partition coefficient (Wildman–Crippen LogP) is 1.56. The Morgan fingerprint density at radius 3 is 2.72 bits per heavy atom. The fraction of sp³-hybridized carbons (Fsp3) is 0.300. The molecule has 0 aliphatic carbocycles. The second-order valence-corrected chi connectivity index (χ2v) is 4.84. The molecule has 6 nitrogen and oxygen atoms in total. The van der Waals surface area contributed by atoms with Crippen LogP contribution < -0.4 is 10.6 Å². The van der Waals surface area contributed by atoms with Crippen LogP contribution in [0.4, 0.5) is 15.8 Å². The first-order chi connectivity index (χ1) is 8.40. The highest BCUT2D eigenvalue weighted by molar-refractivity contribution is 9.10. The Morgan fingerprint density at radius 2 is 2.22 bits per heavy atom. The highest BCUT2D eigenvalue weighted by atomic mass is 79.9. The highest BCUT2D eigenvalue weighted by Crippen LogP contribution is 2.35. The summed E-state index contributed by atoms with van der Waals surface area (Å²) in [6, 6.07) is 1.63. The number of anilines is 1. The third kappa shape index (κ3) is 2.21. The quantitative estimate of drug-likeness (QED) is 0.662. The van der Waals surface area contributed by atoms with Gasteiger partial charge in [-0.1, -0.05) is 0 Å². The minimum atomic E-state index is -0.663. The zero-order valence-corrected chi connectivity index (χ0v) is 10.7. The van der Waals surface area contributed by atoms with Crippen LogP contribution in [-0.2, 0) is 4.79 Å². The molecule has 0 aromatic heterocycles. The molecule has 1 aliphatic heterocycles. The number of hydrogen-bond donors (Lipinski definition) is 1. The number of carbonyl (C=O) groups excluding carboxylic acids is 1. The van der Waals surface area contributed by atoms with Gasteiger partial charge in [-0.05, 0) is 15.9 Å². The number of rotatable bonds is 2. The summed E-state index contributed by atoms with van der Waals surface area (Å²) in [7, 11) is 0. The molecule has 1 amide bonds. The summed E-state index contributed by atoms with van der Waals surface area (Å²) < 4.78 is 13.4. The van der Waals surface area contributed by atoms with E-state index in [0.29, 0.717) is 0 Å². The van der Waals surface area contributed by atoms with Crippen molar-refractivity contribution in [3.05, 3.63) is 32.5 Å². The average molecular weight is 318 g/mol. The van der Waals surface area contributed by atoms with Crippen LogP contribution in [0.25, 0.3) is 0 Å². The Morgan fingerprint density at radius 1 is 1.56 bits per heavy atom. The molecule has 1 aromatic carbocycles. The topological polar surface area (TPSA) is 89.5 Å². The standard InChI is InChI=1S/C10H9BrFN3O3/c11-6-2-9(15(17)18)8(3-7(6)12)14-4-5(13)1-10(14)16/h2-3,5H,1,4,13H2. The third-order valence-corrected chi connectivity index (χ3v) is 3.27. The van der Waals surface area contributed by atoms with Crippen LogP contribution in [0.5, 0.6) is 0 Å². The maximum Gasteiger partial charge on any atom is 0.294 e. The van der Waals surface area contributed by atoms with Gasteiger partial charge in [0.25, 0.3) is 5.69 Å². The molecule has 1 saturated heterocycles. The van der Waals surface area contributed by atoms with Crippen molar-refractivity contribution in [2.45, 2.75) is 12.5 Å². The maximum atomic E-state index is 13.5. The van der Waals surface area contributed by atoms with Crippen LogP contribution in [0.15, 0.2) is 16.6 Å². The van der Waals surface area contributed by atoms with Crippen molar-refractivity contribution in [3.63, 3.8) is 0 Å². The number of nitrogens with two attached hydrogens (primary N) is 1. The van der Waals surface area contributed by atoms with Gasteiger partial charge < -0.3 is 10.6 Å². The summed E-state index contributed by atoms with van der Waals surface area (Å²) in [6.45, 7) is 0.154. The Hall–Kier alpha value is -1.54. The average Bonchev–Trinajstić information content (AvgIpc) is 2.61. The monoisotopic (exact) mass is 317 g/mol. The molecule has 1 aliphatic rings. The molecule has 2 rings (SSSR count). The van der Waals surface area contributed by atoms with E-state index in [1.807, 2.05) is 0 Å². The molecule has 0 spiro atoms. The Labute approximate surface area is 110 Å². The van der Waals surface area contributed by atoms with Crippen molar-refractivity contribution in [1.29, 1.82) is 0 Å². The van der Waals surface area contributed by atoms with E-state index < -0.39 is 10.7 Å². The fourth-order valence-corrected chi connectivity index (χ4v) is 2.19. The van der Waals surface area contributed by atoms with Gasteiger partial charge in [-0.15, -0.1) is 0 Å². The molecule has 2 N–H and O–H groups in total. The van der Waals surface area contributed by atoms with Gasteiger partial charge in [0, 0.05) is 31.1 Å². The Balaban J connectivity index is 2.52. The first-order valence-electron chi connectivity index (χ1n) is 5.09. The molecule has 1 fully saturated rings. The van der Waals surface area contributed by atoms with Crippen molar-refractivity contribution < 1.29 is 14.1 Å². The van der Waals surface area contributed by atoms with Crippen LogP contribution in [0, 0.1) is 15.9 Å². The van der Waals surface area contributed by atoms with Crippen LogP contribution in [-0.4, -0.2) is 23.4 Å². The number of benzene rings is 1. The summed E-state index contributed by atoms with van der Waals surface area (Å²) in [4.78, 5) is 23.1. The molecule has 1 heterocycles. The second-order valence-electron chi connectivity index (χ2n) is 3.98. The lowest BCUT2D eigenvalue weighted by Gasteiger charge is -2.16. The molecule has 0 bridgehead atoms. The maximum absolute atomic E-state index is 13.5. The summed E-state index contributed by atoms with van der Waals surface area (Å²) in [5, 5.41) is 10.9. The Bertz CT molecular complexity index is 537. The molecular weight excluding hydrogens is 309 g/mol. The predicted molar refractivity (Wildman–Crippen MR) is 65.7 cm³/mol. The molecular formula is C10H9BrFN3O3. The number of hydrogen-bond acceptors (Lipinski definition) is 4. The van der Waals surface area contributed by atoms with E-state index in [1.54, 1.807) is 0 Å². The van der Waals surface area contributed by atoms with Gasteiger partial charge in [0.1, 0.15) is 11.5 Å². The second kappa shape index (κ2) is 4.62. The number of nitro groups is 1. The van der Waals surface area contributed by atoms with Gasteiger partial charge in [-0.2, -0.15) is 0 Å². The number of nitro benzene ring substituents is 1. The largest absolute Gasteiger partial charge is 0.326 e. The van der Waals surface area contributed by atoms with Gasteiger partial charge in [0.2, 0.25) is 5.91 Å².